The lowest BCUT2D eigenvalue weighted by atomic mass is 10.3. The Bertz CT molecular complexity index is 147. The fraction of sp³-hybridized carbons (Fsp3) is 0.833. The van der Waals surface area contributed by atoms with Crippen LogP contribution in [0.3, 0.4) is 0 Å². The first-order valence-electron chi connectivity index (χ1n) is 3.27. The van der Waals surface area contributed by atoms with Gasteiger partial charge in [0, 0.05) is 14.1 Å². The van der Waals surface area contributed by atoms with Crippen LogP contribution in [0.1, 0.15) is 6.42 Å². The van der Waals surface area contributed by atoms with Gasteiger partial charge in [0.1, 0.15) is 0 Å². The molecule has 1 aliphatic rings. The molecule has 1 aliphatic heterocycles. The van der Waals surface area contributed by atoms with Crippen LogP contribution in [-0.4, -0.2) is 47.8 Å². The third kappa shape index (κ3) is 1.27. The Kier molecular flexibility index (Phi) is 1.92. The maximum atomic E-state index is 11.0. The number of aliphatic hydroxyl groups excluding tert-OH is 1. The first-order valence-corrected chi connectivity index (χ1v) is 3.27. The highest BCUT2D eigenvalue weighted by Gasteiger charge is 2.28. The van der Waals surface area contributed by atoms with Crippen molar-refractivity contribution in [2.45, 2.75) is 12.5 Å². The molecule has 0 aromatic heterocycles. The van der Waals surface area contributed by atoms with Crippen molar-refractivity contribution in [2.24, 2.45) is 0 Å². The molecule has 4 nitrogen and oxygen atoms in total. The maximum absolute atomic E-state index is 11.0. The van der Waals surface area contributed by atoms with E-state index >= 15 is 0 Å². The summed E-state index contributed by atoms with van der Waals surface area (Å²) in [6.07, 6.45) is -0.215. The van der Waals surface area contributed by atoms with E-state index in [1.165, 1.54) is 5.01 Å². The number of carbonyl (C=O) groups excluding carboxylic acids is 1. The Morgan fingerprint density at radius 3 is 2.50 bits per heavy atom. The molecule has 10 heavy (non-hydrogen) atoms. The van der Waals surface area contributed by atoms with Crippen LogP contribution >= 0.6 is 0 Å². The lowest BCUT2D eigenvalue weighted by Gasteiger charge is -2.22. The Labute approximate surface area is 60.0 Å². The number of hydrazine groups is 1. The highest BCUT2D eigenvalue weighted by Crippen LogP contribution is 2.10. The van der Waals surface area contributed by atoms with E-state index in [-0.39, 0.29) is 12.3 Å². The fourth-order valence-corrected chi connectivity index (χ4v) is 1.06. The van der Waals surface area contributed by atoms with Crippen LogP contribution in [0, 0.1) is 0 Å². The lowest BCUT2D eigenvalue weighted by Crippen LogP contribution is -2.38. The molecule has 0 spiro atoms. The van der Waals surface area contributed by atoms with Gasteiger partial charge in [0.25, 0.3) is 0 Å². The fourth-order valence-electron chi connectivity index (χ4n) is 1.06. The van der Waals surface area contributed by atoms with Gasteiger partial charge in [-0.15, -0.1) is 0 Å². The van der Waals surface area contributed by atoms with Gasteiger partial charge in [-0.1, -0.05) is 0 Å². The van der Waals surface area contributed by atoms with Gasteiger partial charge in [-0.25, -0.2) is 5.01 Å². The summed E-state index contributed by atoms with van der Waals surface area (Å²) in [5.74, 6) is -0.00231. The van der Waals surface area contributed by atoms with Crippen LogP contribution in [0.2, 0.25) is 0 Å². The van der Waals surface area contributed by atoms with Crippen molar-refractivity contribution in [3.8, 4) is 0 Å². The smallest absolute Gasteiger partial charge is 0.239 e. The van der Waals surface area contributed by atoms with Gasteiger partial charge < -0.3 is 5.11 Å². The van der Waals surface area contributed by atoms with Gasteiger partial charge in [-0.3, -0.25) is 9.80 Å². The summed E-state index contributed by atoms with van der Waals surface area (Å²) in [5, 5.41) is 12.3. The molecule has 0 aromatic carbocycles. The number of hydrogen-bond acceptors (Lipinski definition) is 3. The third-order valence-electron chi connectivity index (χ3n) is 1.56. The number of hydrogen-bond donors (Lipinski definition) is 1. The quantitative estimate of drug-likeness (QED) is 0.516. The zero-order valence-corrected chi connectivity index (χ0v) is 6.24. The molecular formula is C6H12N2O2. The molecule has 0 bridgehead atoms. The summed E-state index contributed by atoms with van der Waals surface area (Å²) in [6, 6.07) is 0. The minimum atomic E-state index is -0.477. The van der Waals surface area contributed by atoms with E-state index in [0.717, 1.165) is 0 Å². The number of nitrogens with zero attached hydrogens (tertiary/aromatic N) is 2. The van der Waals surface area contributed by atoms with Gasteiger partial charge in [0.15, 0.2) is 0 Å². The standard InChI is InChI=1S/C6H12N2O2/c1-7(2)8-4-5(9)3-6(8)10/h5,9H,3-4H2,1-2H3. The molecule has 0 saturated carbocycles. The van der Waals surface area contributed by atoms with Crippen LogP contribution in [0.25, 0.3) is 0 Å². The summed E-state index contributed by atoms with van der Waals surface area (Å²) in [5.41, 5.74) is 0. The highest BCUT2D eigenvalue weighted by molar-refractivity contribution is 5.78. The monoisotopic (exact) mass is 144 g/mol. The maximum Gasteiger partial charge on any atom is 0.239 e. The van der Waals surface area contributed by atoms with Crippen molar-refractivity contribution in [1.82, 2.24) is 10.0 Å². The number of aliphatic hydroxyl groups is 1. The van der Waals surface area contributed by atoms with E-state index in [1.54, 1.807) is 19.1 Å². The second kappa shape index (κ2) is 2.56. The van der Waals surface area contributed by atoms with Crippen molar-refractivity contribution in [1.29, 1.82) is 0 Å². The van der Waals surface area contributed by atoms with E-state index in [9.17, 15) is 4.79 Å². The molecule has 0 radical (unpaired) electrons. The molecule has 1 N–H and O–H groups in total. The van der Waals surface area contributed by atoms with Gasteiger partial charge in [-0.2, -0.15) is 0 Å². The second-order valence-corrected chi connectivity index (χ2v) is 2.68. The Balaban J connectivity index is 2.55. The van der Waals surface area contributed by atoms with Crippen LogP contribution in [0.5, 0.6) is 0 Å². The summed E-state index contributed by atoms with van der Waals surface area (Å²) in [4.78, 5) is 11.0. The van der Waals surface area contributed by atoms with E-state index in [0.29, 0.717) is 6.54 Å². The van der Waals surface area contributed by atoms with Crippen molar-refractivity contribution < 1.29 is 9.90 Å². The van der Waals surface area contributed by atoms with Crippen molar-refractivity contribution in [2.75, 3.05) is 20.6 Å². The van der Waals surface area contributed by atoms with Crippen LogP contribution < -0.4 is 0 Å². The summed E-state index contributed by atoms with van der Waals surface area (Å²) in [7, 11) is 3.58. The molecule has 58 valence electrons. The minimum absolute atomic E-state index is 0.00231. The Morgan fingerprint density at radius 2 is 2.30 bits per heavy atom. The lowest BCUT2D eigenvalue weighted by molar-refractivity contribution is -0.139. The predicted molar refractivity (Wildman–Crippen MR) is 36.0 cm³/mol. The first-order chi connectivity index (χ1) is 4.61. The van der Waals surface area contributed by atoms with E-state index < -0.39 is 6.10 Å². The van der Waals surface area contributed by atoms with Crippen LogP contribution in [0.4, 0.5) is 0 Å². The molecule has 1 atom stereocenters. The summed E-state index contributed by atoms with van der Waals surface area (Å²) >= 11 is 0. The molecule has 1 heterocycles. The van der Waals surface area contributed by atoms with Gasteiger partial charge in [0.05, 0.1) is 19.1 Å². The Morgan fingerprint density at radius 1 is 1.70 bits per heavy atom. The molecule has 0 aromatic rings. The number of rotatable bonds is 1. The average Bonchev–Trinajstić information content (AvgIpc) is 2.10. The topological polar surface area (TPSA) is 43.8 Å². The molecule has 1 fully saturated rings. The molecule has 1 rings (SSSR count). The zero-order valence-electron chi connectivity index (χ0n) is 6.24. The largest absolute Gasteiger partial charge is 0.391 e. The highest BCUT2D eigenvalue weighted by atomic mass is 16.3. The number of carbonyl (C=O) groups is 1. The molecule has 1 unspecified atom stereocenters. The van der Waals surface area contributed by atoms with E-state index in [4.69, 9.17) is 5.11 Å². The summed E-state index contributed by atoms with van der Waals surface area (Å²) < 4.78 is 0. The molecule has 1 saturated heterocycles. The third-order valence-corrected chi connectivity index (χ3v) is 1.56. The van der Waals surface area contributed by atoms with E-state index in [2.05, 4.69) is 0 Å². The zero-order chi connectivity index (χ0) is 7.72. The van der Waals surface area contributed by atoms with Gasteiger partial charge in [-0.05, 0) is 0 Å². The predicted octanol–water partition coefficient (Wildman–Crippen LogP) is -0.944. The molecular weight excluding hydrogens is 132 g/mol. The minimum Gasteiger partial charge on any atom is -0.391 e. The van der Waals surface area contributed by atoms with Crippen LogP contribution in [-0.2, 0) is 4.79 Å². The SMILES string of the molecule is CN(C)N1CC(O)CC1=O. The molecule has 1 amide bonds. The summed E-state index contributed by atoms with van der Waals surface area (Å²) in [6.45, 7) is 0.436. The number of β-amino-alcohol motifs (C(OH)–C–C–N with tert-alkyl or cyclic N) is 1. The number of amides is 1. The van der Waals surface area contributed by atoms with Crippen LogP contribution in [0.15, 0.2) is 0 Å². The molecule has 4 heteroatoms. The van der Waals surface area contributed by atoms with Crippen molar-refractivity contribution >= 4 is 5.91 Å². The van der Waals surface area contributed by atoms with Crippen molar-refractivity contribution in [3.63, 3.8) is 0 Å². The molecule has 0 aliphatic carbocycles. The Hall–Kier alpha value is -0.610. The second-order valence-electron chi connectivity index (χ2n) is 2.68. The normalized spacial score (nSPS) is 26.6. The first kappa shape index (κ1) is 7.50. The van der Waals surface area contributed by atoms with Gasteiger partial charge in [0.2, 0.25) is 5.91 Å². The average molecular weight is 144 g/mol. The van der Waals surface area contributed by atoms with E-state index in [1.807, 2.05) is 0 Å². The van der Waals surface area contributed by atoms with Gasteiger partial charge >= 0.3 is 0 Å². The van der Waals surface area contributed by atoms with Crippen molar-refractivity contribution in [3.05, 3.63) is 0 Å².